The maximum absolute atomic E-state index is 4.68. The monoisotopic (exact) mass is 405 g/mol. The zero-order valence-corrected chi connectivity index (χ0v) is 17.2. The van der Waals surface area contributed by atoms with E-state index in [0.29, 0.717) is 6.04 Å². The van der Waals surface area contributed by atoms with Crippen LogP contribution in [0.25, 0.3) is 39.1 Å². The van der Waals surface area contributed by atoms with Crippen LogP contribution in [0.1, 0.15) is 30.9 Å². The van der Waals surface area contributed by atoms with Crippen molar-refractivity contribution in [2.75, 3.05) is 6.54 Å². The second kappa shape index (κ2) is 7.60. The Morgan fingerprint density at radius 1 is 0.871 bits per heavy atom. The lowest BCUT2D eigenvalue weighted by atomic mass is 9.95. The van der Waals surface area contributed by atoms with Crippen molar-refractivity contribution in [3.05, 3.63) is 84.9 Å². The fourth-order valence-electron chi connectivity index (χ4n) is 4.59. The van der Waals surface area contributed by atoms with Gasteiger partial charge in [0.2, 0.25) is 0 Å². The van der Waals surface area contributed by atoms with E-state index in [4.69, 9.17) is 0 Å². The molecule has 1 unspecified atom stereocenters. The molecule has 0 radical (unpaired) electrons. The fourth-order valence-corrected chi connectivity index (χ4v) is 4.59. The molecule has 4 aromatic heterocycles. The lowest BCUT2D eigenvalue weighted by Gasteiger charge is -2.24. The summed E-state index contributed by atoms with van der Waals surface area (Å²) in [5.41, 5.74) is 8.52. The molecule has 5 heteroatoms. The third kappa shape index (κ3) is 3.27. The van der Waals surface area contributed by atoms with Crippen LogP contribution in [0.2, 0.25) is 0 Å². The van der Waals surface area contributed by atoms with Crippen LogP contribution in [-0.4, -0.2) is 25.9 Å². The normalized spacial score (nSPS) is 16.7. The summed E-state index contributed by atoms with van der Waals surface area (Å²) in [5.74, 6) is 0. The molecule has 0 spiro atoms. The minimum absolute atomic E-state index is 0.490. The summed E-state index contributed by atoms with van der Waals surface area (Å²) in [6, 6.07) is 19.7. The highest BCUT2D eigenvalue weighted by Gasteiger charge is 2.15. The molecule has 152 valence electrons. The van der Waals surface area contributed by atoms with E-state index in [1.165, 1.54) is 36.0 Å². The number of piperidine rings is 1. The van der Waals surface area contributed by atoms with Gasteiger partial charge in [0.15, 0.2) is 0 Å². The largest absolute Gasteiger partial charge is 0.310 e. The second-order valence-electron chi connectivity index (χ2n) is 8.14. The smallest absolute Gasteiger partial charge is 0.137 e. The Kier molecular flexibility index (Phi) is 4.47. The number of rotatable bonds is 3. The third-order valence-corrected chi connectivity index (χ3v) is 6.24. The summed E-state index contributed by atoms with van der Waals surface area (Å²) in [6.07, 6.45) is 11.5. The number of aromatic nitrogens is 4. The van der Waals surface area contributed by atoms with E-state index < -0.39 is 0 Å². The van der Waals surface area contributed by atoms with Crippen molar-refractivity contribution in [1.82, 2.24) is 24.7 Å². The van der Waals surface area contributed by atoms with Gasteiger partial charge in [0, 0.05) is 30.2 Å². The summed E-state index contributed by atoms with van der Waals surface area (Å²) in [7, 11) is 0. The molecule has 0 amide bonds. The summed E-state index contributed by atoms with van der Waals surface area (Å²) in [6.45, 7) is 1.12. The van der Waals surface area contributed by atoms with Crippen molar-refractivity contribution < 1.29 is 0 Å². The molecule has 1 N–H and O–H groups in total. The molecular weight excluding hydrogens is 382 g/mol. The Labute approximate surface area is 180 Å². The van der Waals surface area contributed by atoms with Gasteiger partial charge in [-0.15, -0.1) is 0 Å². The minimum Gasteiger partial charge on any atom is -0.310 e. The number of fused-ring (bicyclic) bond motifs is 2. The fraction of sp³-hybridized carbons (Fsp3) is 0.192. The molecule has 0 saturated carbocycles. The standard InChI is InChI=1S/C26H23N5/c1-2-12-27-22(4-1)19-8-6-18(7-9-19)20-11-15-31-24(17-30-25(31)16-20)21-10-14-28-23-5-3-13-29-26(21)23/h3,5-11,13-17,22,27H,1-2,4,12H2. The van der Waals surface area contributed by atoms with Crippen molar-refractivity contribution in [3.63, 3.8) is 0 Å². The molecule has 1 aliphatic heterocycles. The van der Waals surface area contributed by atoms with Gasteiger partial charge in [-0.05, 0) is 66.4 Å². The number of pyridine rings is 3. The third-order valence-electron chi connectivity index (χ3n) is 6.24. The first-order valence-corrected chi connectivity index (χ1v) is 10.9. The van der Waals surface area contributed by atoms with Crippen molar-refractivity contribution in [2.45, 2.75) is 25.3 Å². The van der Waals surface area contributed by atoms with Crippen molar-refractivity contribution >= 4 is 16.7 Å². The average molecular weight is 406 g/mol. The molecule has 1 aliphatic rings. The Morgan fingerprint density at radius 3 is 2.68 bits per heavy atom. The maximum Gasteiger partial charge on any atom is 0.137 e. The number of benzene rings is 1. The zero-order valence-electron chi connectivity index (χ0n) is 17.2. The van der Waals surface area contributed by atoms with E-state index in [1.807, 2.05) is 30.6 Å². The van der Waals surface area contributed by atoms with Crippen molar-refractivity contribution in [2.24, 2.45) is 0 Å². The second-order valence-corrected chi connectivity index (χ2v) is 8.14. The van der Waals surface area contributed by atoms with Crippen LogP contribution in [-0.2, 0) is 0 Å². The van der Waals surface area contributed by atoms with Crippen LogP contribution in [0, 0.1) is 0 Å². The first kappa shape index (κ1) is 18.2. The Balaban J connectivity index is 1.36. The number of imidazole rings is 1. The molecule has 5 nitrogen and oxygen atoms in total. The minimum atomic E-state index is 0.490. The molecule has 6 rings (SSSR count). The summed E-state index contributed by atoms with van der Waals surface area (Å²) in [4.78, 5) is 13.7. The van der Waals surface area contributed by atoms with Gasteiger partial charge in [-0.3, -0.25) is 14.4 Å². The van der Waals surface area contributed by atoms with Crippen LogP contribution in [0.15, 0.2) is 79.4 Å². The van der Waals surface area contributed by atoms with E-state index in [1.54, 1.807) is 6.20 Å². The summed E-state index contributed by atoms with van der Waals surface area (Å²) in [5, 5.41) is 3.63. The van der Waals surface area contributed by atoms with E-state index in [2.05, 4.69) is 67.3 Å². The highest BCUT2D eigenvalue weighted by atomic mass is 15.0. The molecule has 1 atom stereocenters. The first-order valence-electron chi connectivity index (χ1n) is 10.9. The molecule has 1 aromatic carbocycles. The van der Waals surface area contributed by atoms with Gasteiger partial charge in [0.25, 0.3) is 0 Å². The van der Waals surface area contributed by atoms with Crippen LogP contribution in [0.3, 0.4) is 0 Å². The van der Waals surface area contributed by atoms with Gasteiger partial charge in [-0.1, -0.05) is 30.7 Å². The van der Waals surface area contributed by atoms with Gasteiger partial charge >= 0.3 is 0 Å². The molecule has 0 aliphatic carbocycles. The van der Waals surface area contributed by atoms with Gasteiger partial charge < -0.3 is 5.32 Å². The van der Waals surface area contributed by atoms with E-state index in [-0.39, 0.29) is 0 Å². The number of hydrogen-bond donors (Lipinski definition) is 1. The SMILES string of the molecule is c1cnc2c(-c3cnc4cc(-c5ccc(C6CCCCN6)cc5)ccn34)ccnc2c1. The van der Waals surface area contributed by atoms with Crippen molar-refractivity contribution in [3.8, 4) is 22.4 Å². The quantitative estimate of drug-likeness (QED) is 0.435. The lowest BCUT2D eigenvalue weighted by molar-refractivity contribution is 0.412. The maximum atomic E-state index is 4.68. The number of hydrogen-bond acceptors (Lipinski definition) is 4. The van der Waals surface area contributed by atoms with Crippen LogP contribution < -0.4 is 5.32 Å². The van der Waals surface area contributed by atoms with E-state index in [0.717, 1.165) is 34.5 Å². The highest BCUT2D eigenvalue weighted by Crippen LogP contribution is 2.30. The topological polar surface area (TPSA) is 55.1 Å². The summed E-state index contributed by atoms with van der Waals surface area (Å²) >= 11 is 0. The van der Waals surface area contributed by atoms with E-state index >= 15 is 0 Å². The molecule has 1 fully saturated rings. The van der Waals surface area contributed by atoms with Crippen LogP contribution >= 0.6 is 0 Å². The zero-order chi connectivity index (χ0) is 20.6. The van der Waals surface area contributed by atoms with Gasteiger partial charge in [0.05, 0.1) is 22.9 Å². The van der Waals surface area contributed by atoms with Crippen LogP contribution in [0.4, 0.5) is 0 Å². The number of nitrogens with one attached hydrogen (secondary N) is 1. The summed E-state index contributed by atoms with van der Waals surface area (Å²) < 4.78 is 2.12. The van der Waals surface area contributed by atoms with E-state index in [9.17, 15) is 0 Å². The first-order chi connectivity index (χ1) is 15.4. The average Bonchev–Trinajstić information content (AvgIpc) is 3.27. The van der Waals surface area contributed by atoms with Gasteiger partial charge in [-0.2, -0.15) is 0 Å². The van der Waals surface area contributed by atoms with Crippen LogP contribution in [0.5, 0.6) is 0 Å². The van der Waals surface area contributed by atoms with Gasteiger partial charge in [0.1, 0.15) is 5.65 Å². The predicted molar refractivity (Wildman–Crippen MR) is 124 cm³/mol. The Morgan fingerprint density at radius 2 is 1.81 bits per heavy atom. The van der Waals surface area contributed by atoms with Gasteiger partial charge in [-0.25, -0.2) is 4.98 Å². The number of nitrogens with zero attached hydrogens (tertiary/aromatic N) is 4. The molecule has 5 aromatic rings. The van der Waals surface area contributed by atoms with Crippen molar-refractivity contribution in [1.29, 1.82) is 0 Å². The molecule has 0 bridgehead atoms. The lowest BCUT2D eigenvalue weighted by Crippen LogP contribution is -2.26. The Hall–Kier alpha value is -3.57. The molecule has 5 heterocycles. The predicted octanol–water partition coefficient (Wildman–Crippen LogP) is 5.43. The highest BCUT2D eigenvalue weighted by molar-refractivity contribution is 5.90. The molecule has 31 heavy (non-hydrogen) atoms. The Bertz CT molecular complexity index is 1360. The molecule has 1 saturated heterocycles. The molecular formula is C26H23N5.